The summed E-state index contributed by atoms with van der Waals surface area (Å²) in [6.45, 7) is 4.16. The first-order chi connectivity index (χ1) is 7.63. The van der Waals surface area contributed by atoms with E-state index in [9.17, 15) is 0 Å². The normalized spacial score (nSPS) is 13.3. The third kappa shape index (κ3) is 1.78. The second-order valence-electron chi connectivity index (χ2n) is 4.30. The van der Waals surface area contributed by atoms with Gasteiger partial charge in [-0.1, -0.05) is 26.0 Å². The van der Waals surface area contributed by atoms with Crippen LogP contribution in [-0.2, 0) is 0 Å². The van der Waals surface area contributed by atoms with Crippen molar-refractivity contribution in [2.45, 2.75) is 19.9 Å². The zero-order valence-electron chi connectivity index (χ0n) is 9.86. The Bertz CT molecular complexity index is 488. The van der Waals surface area contributed by atoms with Crippen LogP contribution in [0.15, 0.2) is 28.7 Å². The molecule has 1 aromatic heterocycles. The molecule has 86 valence electrons. The predicted molar refractivity (Wildman–Crippen MR) is 64.5 cm³/mol. The number of nitrogens with two attached hydrogens (primary N) is 1. The van der Waals surface area contributed by atoms with Gasteiger partial charge < -0.3 is 14.9 Å². The molecule has 3 heteroatoms. The largest absolute Gasteiger partial charge is 0.493 e. The number of methoxy groups -OCH3 is 1. The van der Waals surface area contributed by atoms with E-state index >= 15 is 0 Å². The van der Waals surface area contributed by atoms with Gasteiger partial charge in [0.2, 0.25) is 0 Å². The number of hydrogen-bond donors (Lipinski definition) is 1. The van der Waals surface area contributed by atoms with Crippen molar-refractivity contribution in [1.29, 1.82) is 0 Å². The fourth-order valence-electron chi connectivity index (χ4n) is 1.71. The maximum atomic E-state index is 6.06. The van der Waals surface area contributed by atoms with Crippen molar-refractivity contribution in [3.63, 3.8) is 0 Å². The average molecular weight is 219 g/mol. The highest BCUT2D eigenvalue weighted by Crippen LogP contribution is 2.31. The van der Waals surface area contributed by atoms with Gasteiger partial charge >= 0.3 is 0 Å². The van der Waals surface area contributed by atoms with Crippen LogP contribution < -0.4 is 10.5 Å². The van der Waals surface area contributed by atoms with Gasteiger partial charge in [0.05, 0.1) is 13.2 Å². The molecule has 0 radical (unpaired) electrons. The van der Waals surface area contributed by atoms with Crippen molar-refractivity contribution >= 4 is 11.0 Å². The van der Waals surface area contributed by atoms with Gasteiger partial charge in [-0.25, -0.2) is 0 Å². The molecule has 0 aliphatic heterocycles. The number of hydrogen-bond acceptors (Lipinski definition) is 3. The molecule has 0 bridgehead atoms. The van der Waals surface area contributed by atoms with Crippen LogP contribution in [0, 0.1) is 5.92 Å². The van der Waals surface area contributed by atoms with Crippen LogP contribution in [0.25, 0.3) is 11.0 Å². The first-order valence-electron chi connectivity index (χ1n) is 5.45. The van der Waals surface area contributed by atoms with E-state index in [2.05, 4.69) is 13.8 Å². The molecule has 0 aliphatic rings. The Balaban J connectivity index is 2.51. The van der Waals surface area contributed by atoms with E-state index in [1.54, 1.807) is 7.11 Å². The van der Waals surface area contributed by atoms with Crippen LogP contribution in [0.3, 0.4) is 0 Å². The van der Waals surface area contributed by atoms with Crippen molar-refractivity contribution < 1.29 is 9.15 Å². The van der Waals surface area contributed by atoms with Crippen molar-refractivity contribution in [2.75, 3.05) is 7.11 Å². The Hall–Kier alpha value is -1.48. The third-order valence-electron chi connectivity index (χ3n) is 2.79. The summed E-state index contributed by atoms with van der Waals surface area (Å²) in [5.41, 5.74) is 6.83. The summed E-state index contributed by atoms with van der Waals surface area (Å²) in [4.78, 5) is 0. The number of ether oxygens (including phenoxy) is 1. The fourth-order valence-corrected chi connectivity index (χ4v) is 1.71. The van der Waals surface area contributed by atoms with Crippen molar-refractivity contribution in [2.24, 2.45) is 11.7 Å². The lowest BCUT2D eigenvalue weighted by atomic mass is 10.0. The van der Waals surface area contributed by atoms with Gasteiger partial charge in [-0.05, 0) is 18.1 Å². The van der Waals surface area contributed by atoms with Crippen LogP contribution >= 0.6 is 0 Å². The maximum absolute atomic E-state index is 6.06. The Labute approximate surface area is 95.2 Å². The van der Waals surface area contributed by atoms with Gasteiger partial charge in [0.1, 0.15) is 5.76 Å². The number of rotatable bonds is 3. The van der Waals surface area contributed by atoms with Crippen molar-refractivity contribution in [3.05, 3.63) is 30.0 Å². The molecule has 0 fully saturated rings. The molecule has 1 atom stereocenters. The Morgan fingerprint density at radius 3 is 2.69 bits per heavy atom. The predicted octanol–water partition coefficient (Wildman–Crippen LogP) is 3.10. The smallest absolute Gasteiger partial charge is 0.176 e. The van der Waals surface area contributed by atoms with Crippen molar-refractivity contribution in [1.82, 2.24) is 0 Å². The minimum Gasteiger partial charge on any atom is -0.493 e. The third-order valence-corrected chi connectivity index (χ3v) is 2.79. The summed E-state index contributed by atoms with van der Waals surface area (Å²) < 4.78 is 11.0. The first kappa shape index (κ1) is 11.0. The summed E-state index contributed by atoms with van der Waals surface area (Å²) in [7, 11) is 1.64. The van der Waals surface area contributed by atoms with Crippen LogP contribution in [0.5, 0.6) is 5.75 Å². The number of para-hydroxylation sites is 1. The van der Waals surface area contributed by atoms with Crippen molar-refractivity contribution in [3.8, 4) is 5.75 Å². The second-order valence-corrected chi connectivity index (χ2v) is 4.30. The monoisotopic (exact) mass is 219 g/mol. The van der Waals surface area contributed by atoms with Gasteiger partial charge in [-0.2, -0.15) is 0 Å². The molecule has 0 saturated carbocycles. The molecular weight excluding hydrogens is 202 g/mol. The molecule has 3 nitrogen and oxygen atoms in total. The number of benzene rings is 1. The zero-order valence-corrected chi connectivity index (χ0v) is 9.86. The number of furan rings is 1. The molecule has 1 heterocycles. The van der Waals surface area contributed by atoms with Gasteiger partial charge in [-0.15, -0.1) is 0 Å². The molecule has 2 rings (SSSR count). The van der Waals surface area contributed by atoms with E-state index in [1.807, 2.05) is 24.3 Å². The summed E-state index contributed by atoms with van der Waals surface area (Å²) in [5.74, 6) is 1.92. The SMILES string of the molecule is COc1cccc2cc([C@H](N)C(C)C)oc12. The van der Waals surface area contributed by atoms with Gasteiger partial charge in [-0.3, -0.25) is 0 Å². The van der Waals surface area contributed by atoms with E-state index < -0.39 is 0 Å². The molecular formula is C13H17NO2. The number of fused-ring (bicyclic) bond motifs is 1. The Morgan fingerprint density at radius 1 is 1.31 bits per heavy atom. The Kier molecular flexibility index (Phi) is 2.88. The molecule has 2 N–H and O–H groups in total. The summed E-state index contributed by atoms with van der Waals surface area (Å²) >= 11 is 0. The fraction of sp³-hybridized carbons (Fsp3) is 0.385. The highest BCUT2D eigenvalue weighted by Gasteiger charge is 2.16. The summed E-state index contributed by atoms with van der Waals surface area (Å²) in [6, 6.07) is 7.75. The minimum absolute atomic E-state index is 0.0721. The second kappa shape index (κ2) is 4.18. The zero-order chi connectivity index (χ0) is 11.7. The topological polar surface area (TPSA) is 48.4 Å². The standard InChI is InChI=1S/C13H17NO2/c1-8(2)12(14)11-7-9-5-4-6-10(15-3)13(9)16-11/h4-8,12H,14H2,1-3H3/t12-/m1/s1. The average Bonchev–Trinajstić information content (AvgIpc) is 2.70. The van der Waals surface area contributed by atoms with Crippen LogP contribution in [0.4, 0.5) is 0 Å². The lowest BCUT2D eigenvalue weighted by Crippen LogP contribution is -2.15. The van der Waals surface area contributed by atoms with E-state index in [0.29, 0.717) is 5.92 Å². The molecule has 0 saturated heterocycles. The Morgan fingerprint density at radius 2 is 2.06 bits per heavy atom. The summed E-state index contributed by atoms with van der Waals surface area (Å²) in [5, 5.41) is 1.03. The molecule has 2 aromatic rings. The van der Waals surface area contributed by atoms with Gasteiger partial charge in [0.25, 0.3) is 0 Å². The minimum atomic E-state index is -0.0721. The van der Waals surface area contributed by atoms with Gasteiger partial charge in [0.15, 0.2) is 11.3 Å². The lowest BCUT2D eigenvalue weighted by molar-refractivity contribution is 0.391. The van der Waals surface area contributed by atoms with E-state index in [0.717, 1.165) is 22.5 Å². The highest BCUT2D eigenvalue weighted by molar-refractivity contribution is 5.83. The maximum Gasteiger partial charge on any atom is 0.176 e. The first-order valence-corrected chi connectivity index (χ1v) is 5.45. The van der Waals surface area contributed by atoms with Crippen LogP contribution in [0.2, 0.25) is 0 Å². The highest BCUT2D eigenvalue weighted by atomic mass is 16.5. The lowest BCUT2D eigenvalue weighted by Gasteiger charge is -2.11. The van der Waals surface area contributed by atoms with Crippen LogP contribution in [-0.4, -0.2) is 7.11 Å². The van der Waals surface area contributed by atoms with E-state index in [4.69, 9.17) is 14.9 Å². The summed E-state index contributed by atoms with van der Waals surface area (Å²) in [6.07, 6.45) is 0. The van der Waals surface area contributed by atoms with Gasteiger partial charge in [0, 0.05) is 5.39 Å². The molecule has 1 aromatic carbocycles. The molecule has 16 heavy (non-hydrogen) atoms. The molecule has 0 unspecified atom stereocenters. The molecule has 0 amide bonds. The quantitative estimate of drug-likeness (QED) is 0.862. The molecule has 0 spiro atoms. The van der Waals surface area contributed by atoms with E-state index in [1.165, 1.54) is 0 Å². The van der Waals surface area contributed by atoms with Crippen LogP contribution in [0.1, 0.15) is 25.6 Å². The van der Waals surface area contributed by atoms with E-state index in [-0.39, 0.29) is 6.04 Å². The molecule has 0 aliphatic carbocycles.